The van der Waals surface area contributed by atoms with Gasteiger partial charge in [-0.3, -0.25) is 14.7 Å². The maximum Gasteiger partial charge on any atom is 0.415 e. The molecule has 1 fully saturated rings. The number of hydrogen-bond donors (Lipinski definition) is 3. The molecule has 0 bridgehead atoms. The van der Waals surface area contributed by atoms with Crippen molar-refractivity contribution in [3.05, 3.63) is 48.8 Å². The fraction of sp³-hybridized carbons (Fsp3) is 0.360. The number of piperidine rings is 1. The fourth-order valence-electron chi connectivity index (χ4n) is 4.32. The molecule has 184 valence electrons. The first kappa shape index (κ1) is 24.1. The third-order valence-electron chi connectivity index (χ3n) is 6.27. The largest absolute Gasteiger partial charge is 0.464 e. The molecule has 35 heavy (non-hydrogen) atoms. The van der Waals surface area contributed by atoms with Gasteiger partial charge in [0.25, 0.3) is 0 Å². The zero-order valence-corrected chi connectivity index (χ0v) is 19.6. The number of carboxylic acid groups (broad SMARTS) is 1. The van der Waals surface area contributed by atoms with E-state index < -0.39 is 6.09 Å². The number of benzene rings is 1. The molecule has 0 saturated carbocycles. The summed E-state index contributed by atoms with van der Waals surface area (Å²) in [6, 6.07) is 9.98. The maximum absolute atomic E-state index is 12.7. The summed E-state index contributed by atoms with van der Waals surface area (Å²) in [7, 11) is 1.65. The van der Waals surface area contributed by atoms with Crippen LogP contribution in [0.1, 0.15) is 32.1 Å². The minimum atomic E-state index is -1.05. The predicted octanol–water partition coefficient (Wildman–Crippen LogP) is 4.51. The normalized spacial score (nSPS) is 14.0. The van der Waals surface area contributed by atoms with E-state index in [0.717, 1.165) is 35.6 Å². The molecule has 3 aromatic rings. The molecular weight excluding hydrogens is 450 g/mol. The van der Waals surface area contributed by atoms with E-state index in [1.54, 1.807) is 54.5 Å². The van der Waals surface area contributed by atoms with Gasteiger partial charge in [0.05, 0.1) is 5.52 Å². The number of anilines is 1. The van der Waals surface area contributed by atoms with E-state index in [-0.39, 0.29) is 11.9 Å². The van der Waals surface area contributed by atoms with Crippen molar-refractivity contribution in [2.24, 2.45) is 5.92 Å². The van der Waals surface area contributed by atoms with Gasteiger partial charge < -0.3 is 20.1 Å². The lowest BCUT2D eigenvalue weighted by Crippen LogP contribution is -2.41. The Balaban J connectivity index is 1.30. The Morgan fingerprint density at radius 1 is 1.11 bits per heavy atom. The topological polar surface area (TPSA) is 126 Å². The SMILES string of the molecule is CNC(=O)CCCC1CCN(C(=O)Nc2cc(Oc3ccc4c(ccn4C(=O)O)c3)ccn2)CC1. The van der Waals surface area contributed by atoms with E-state index in [1.165, 1.54) is 6.20 Å². The Labute approximate surface area is 202 Å². The van der Waals surface area contributed by atoms with Crippen LogP contribution in [-0.4, -0.2) is 57.7 Å². The molecule has 0 unspecified atom stereocenters. The number of rotatable bonds is 7. The van der Waals surface area contributed by atoms with Crippen LogP contribution in [-0.2, 0) is 4.79 Å². The number of ether oxygens (including phenoxy) is 1. The Bertz CT molecular complexity index is 1220. The van der Waals surface area contributed by atoms with Gasteiger partial charge in [0.1, 0.15) is 17.3 Å². The number of likely N-dealkylation sites (tertiary alicyclic amines) is 1. The molecule has 1 aromatic carbocycles. The number of carbonyl (C=O) groups is 3. The number of aromatic nitrogens is 2. The third kappa shape index (κ3) is 6.08. The number of hydrogen-bond acceptors (Lipinski definition) is 5. The van der Waals surface area contributed by atoms with E-state index in [0.29, 0.717) is 48.3 Å². The standard InChI is InChI=1S/C25H29N5O5/c1-26-23(31)4-2-3-17-8-12-29(13-9-17)24(32)28-22-16-20(7-11-27-22)35-19-5-6-21-18(15-19)10-14-30(21)25(33)34/h5-7,10-11,14-17H,2-4,8-9,12-13H2,1H3,(H,26,31)(H,33,34)(H,27,28,32). The minimum Gasteiger partial charge on any atom is -0.464 e. The summed E-state index contributed by atoms with van der Waals surface area (Å²) in [5.41, 5.74) is 0.572. The van der Waals surface area contributed by atoms with Crippen molar-refractivity contribution in [2.75, 3.05) is 25.5 Å². The summed E-state index contributed by atoms with van der Waals surface area (Å²) < 4.78 is 7.06. The first-order valence-corrected chi connectivity index (χ1v) is 11.7. The maximum atomic E-state index is 12.7. The number of pyridine rings is 1. The molecule has 10 heteroatoms. The van der Waals surface area contributed by atoms with Crippen LogP contribution in [0.2, 0.25) is 0 Å². The Morgan fingerprint density at radius 3 is 2.63 bits per heavy atom. The second-order valence-electron chi connectivity index (χ2n) is 8.59. The number of fused-ring (bicyclic) bond motifs is 1. The molecule has 3 N–H and O–H groups in total. The molecule has 1 aliphatic rings. The van der Waals surface area contributed by atoms with Crippen LogP contribution in [0.4, 0.5) is 15.4 Å². The van der Waals surface area contributed by atoms with Gasteiger partial charge in [-0.05, 0) is 61.9 Å². The molecular formula is C25H29N5O5. The molecule has 0 aliphatic carbocycles. The zero-order valence-electron chi connectivity index (χ0n) is 19.6. The highest BCUT2D eigenvalue weighted by atomic mass is 16.5. The molecule has 4 rings (SSSR count). The van der Waals surface area contributed by atoms with Gasteiger partial charge in [-0.2, -0.15) is 0 Å². The van der Waals surface area contributed by atoms with Gasteiger partial charge in [0, 0.05) is 50.4 Å². The lowest BCUT2D eigenvalue weighted by molar-refractivity contribution is -0.120. The first-order valence-electron chi connectivity index (χ1n) is 11.7. The smallest absolute Gasteiger partial charge is 0.415 e. The summed E-state index contributed by atoms with van der Waals surface area (Å²) in [4.78, 5) is 41.3. The average Bonchev–Trinajstić information content (AvgIpc) is 3.28. The minimum absolute atomic E-state index is 0.0679. The number of carbonyl (C=O) groups excluding carboxylic acids is 2. The third-order valence-corrected chi connectivity index (χ3v) is 6.27. The molecule has 10 nitrogen and oxygen atoms in total. The van der Waals surface area contributed by atoms with E-state index >= 15 is 0 Å². The van der Waals surface area contributed by atoms with Crippen molar-refractivity contribution in [1.82, 2.24) is 19.8 Å². The van der Waals surface area contributed by atoms with E-state index in [2.05, 4.69) is 15.6 Å². The fourth-order valence-corrected chi connectivity index (χ4v) is 4.32. The van der Waals surface area contributed by atoms with Crippen LogP contribution in [0.3, 0.4) is 0 Å². The van der Waals surface area contributed by atoms with E-state index in [9.17, 15) is 19.5 Å². The molecule has 3 amide bonds. The van der Waals surface area contributed by atoms with Crippen LogP contribution < -0.4 is 15.4 Å². The van der Waals surface area contributed by atoms with Gasteiger partial charge in [0.15, 0.2) is 0 Å². The number of amides is 3. The van der Waals surface area contributed by atoms with Gasteiger partial charge in [-0.25, -0.2) is 14.6 Å². The molecule has 1 aliphatic heterocycles. The molecule has 0 spiro atoms. The highest BCUT2D eigenvalue weighted by Crippen LogP contribution is 2.28. The first-order chi connectivity index (χ1) is 16.9. The van der Waals surface area contributed by atoms with Crippen LogP contribution in [0.5, 0.6) is 11.5 Å². The summed E-state index contributed by atoms with van der Waals surface area (Å²) in [5.74, 6) is 2.03. The predicted molar refractivity (Wildman–Crippen MR) is 131 cm³/mol. The monoisotopic (exact) mass is 479 g/mol. The van der Waals surface area contributed by atoms with E-state index in [4.69, 9.17) is 4.74 Å². The van der Waals surface area contributed by atoms with Crippen LogP contribution in [0.15, 0.2) is 48.8 Å². The van der Waals surface area contributed by atoms with Crippen LogP contribution >= 0.6 is 0 Å². The van der Waals surface area contributed by atoms with Crippen LogP contribution in [0.25, 0.3) is 10.9 Å². The Morgan fingerprint density at radius 2 is 1.89 bits per heavy atom. The van der Waals surface area contributed by atoms with Gasteiger partial charge in [-0.15, -0.1) is 0 Å². The zero-order chi connectivity index (χ0) is 24.8. The molecule has 2 aromatic heterocycles. The lowest BCUT2D eigenvalue weighted by Gasteiger charge is -2.32. The van der Waals surface area contributed by atoms with Crippen molar-refractivity contribution < 1.29 is 24.2 Å². The second-order valence-corrected chi connectivity index (χ2v) is 8.59. The summed E-state index contributed by atoms with van der Waals surface area (Å²) in [6.45, 7) is 1.34. The number of urea groups is 1. The van der Waals surface area contributed by atoms with Crippen molar-refractivity contribution in [3.8, 4) is 11.5 Å². The quantitative estimate of drug-likeness (QED) is 0.458. The van der Waals surface area contributed by atoms with E-state index in [1.807, 2.05) is 0 Å². The summed E-state index contributed by atoms with van der Waals surface area (Å²) >= 11 is 0. The second kappa shape index (κ2) is 10.9. The molecule has 3 heterocycles. The van der Waals surface area contributed by atoms with Crippen molar-refractivity contribution in [3.63, 3.8) is 0 Å². The molecule has 1 saturated heterocycles. The highest BCUT2D eigenvalue weighted by Gasteiger charge is 2.23. The van der Waals surface area contributed by atoms with Crippen LogP contribution in [0, 0.1) is 5.92 Å². The lowest BCUT2D eigenvalue weighted by atomic mass is 9.91. The Kier molecular flexibility index (Phi) is 7.49. The molecule has 0 radical (unpaired) electrons. The number of nitrogens with one attached hydrogen (secondary N) is 2. The summed E-state index contributed by atoms with van der Waals surface area (Å²) in [6.07, 6.45) is 6.25. The van der Waals surface area contributed by atoms with Crippen molar-refractivity contribution in [1.29, 1.82) is 0 Å². The van der Waals surface area contributed by atoms with Crippen molar-refractivity contribution in [2.45, 2.75) is 32.1 Å². The van der Waals surface area contributed by atoms with Gasteiger partial charge in [-0.1, -0.05) is 0 Å². The van der Waals surface area contributed by atoms with Crippen molar-refractivity contribution >= 4 is 34.8 Å². The summed E-state index contributed by atoms with van der Waals surface area (Å²) in [5, 5.41) is 15.4. The number of nitrogens with zero attached hydrogens (tertiary/aromatic N) is 3. The van der Waals surface area contributed by atoms with Gasteiger partial charge >= 0.3 is 12.1 Å². The molecule has 0 atom stereocenters. The Hall–Kier alpha value is -4.08. The van der Waals surface area contributed by atoms with Gasteiger partial charge in [0.2, 0.25) is 5.91 Å². The highest BCUT2D eigenvalue weighted by molar-refractivity contribution is 5.90. The average molecular weight is 480 g/mol.